The smallest absolute Gasteiger partial charge is 0.283 e. The summed E-state index contributed by atoms with van der Waals surface area (Å²) in [6.45, 7) is 1.89. The molecule has 0 aliphatic rings. The summed E-state index contributed by atoms with van der Waals surface area (Å²) < 4.78 is 2.56. The van der Waals surface area contributed by atoms with E-state index in [0.29, 0.717) is 16.4 Å². The van der Waals surface area contributed by atoms with Crippen LogP contribution in [0.3, 0.4) is 0 Å². The number of aromatic nitrogens is 3. The van der Waals surface area contributed by atoms with Crippen LogP contribution < -0.4 is 5.56 Å². The third-order valence-electron chi connectivity index (χ3n) is 5.91. The van der Waals surface area contributed by atoms with E-state index in [9.17, 15) is 4.79 Å². The van der Waals surface area contributed by atoms with E-state index in [-0.39, 0.29) is 5.56 Å². The van der Waals surface area contributed by atoms with Gasteiger partial charge >= 0.3 is 0 Å². The van der Waals surface area contributed by atoms with Gasteiger partial charge in [0, 0.05) is 15.4 Å². The average molecular weight is 519 g/mol. The molecule has 0 radical (unpaired) electrons. The third-order valence-corrected chi connectivity index (χ3v) is 8.01. The number of hydrogen-bond donors (Lipinski definition) is 1. The second-order valence-corrected chi connectivity index (χ2v) is 10.5. The Hall–Kier alpha value is -4.20. The van der Waals surface area contributed by atoms with Crippen molar-refractivity contribution >= 4 is 44.7 Å². The number of H-pyrrole nitrogens is 1. The van der Waals surface area contributed by atoms with E-state index < -0.39 is 0 Å². The molecule has 0 saturated heterocycles. The van der Waals surface area contributed by atoms with Gasteiger partial charge in [0.1, 0.15) is 0 Å². The SMILES string of the molecule is CC(=Nc1ccccc1Sc1ccccc1)c1c(-c2ccccc2)[nH]n(-c2nc3ccccc3s2)c1=O. The van der Waals surface area contributed by atoms with E-state index in [1.807, 2.05) is 97.9 Å². The van der Waals surface area contributed by atoms with Gasteiger partial charge in [-0.2, -0.15) is 4.68 Å². The summed E-state index contributed by atoms with van der Waals surface area (Å²) in [5.74, 6) is 0. The molecule has 0 atom stereocenters. The van der Waals surface area contributed by atoms with Gasteiger partial charge in [-0.1, -0.05) is 95.9 Å². The van der Waals surface area contributed by atoms with Crippen LogP contribution in [-0.4, -0.2) is 20.5 Å². The Morgan fingerprint density at radius 2 is 1.54 bits per heavy atom. The van der Waals surface area contributed by atoms with Crippen LogP contribution in [0.15, 0.2) is 129 Å². The van der Waals surface area contributed by atoms with Crippen molar-refractivity contribution in [3.05, 3.63) is 125 Å². The highest BCUT2D eigenvalue weighted by molar-refractivity contribution is 7.99. The van der Waals surface area contributed by atoms with Crippen LogP contribution in [0, 0.1) is 0 Å². The monoisotopic (exact) mass is 518 g/mol. The van der Waals surface area contributed by atoms with Gasteiger partial charge in [0.25, 0.3) is 5.56 Å². The maximum atomic E-state index is 13.9. The van der Waals surface area contributed by atoms with Gasteiger partial charge in [-0.3, -0.25) is 14.9 Å². The number of benzene rings is 4. The zero-order valence-corrected chi connectivity index (χ0v) is 21.6. The van der Waals surface area contributed by atoms with Crippen molar-refractivity contribution in [2.75, 3.05) is 0 Å². The Morgan fingerprint density at radius 3 is 2.32 bits per heavy atom. The minimum absolute atomic E-state index is 0.174. The molecule has 6 rings (SSSR count). The largest absolute Gasteiger partial charge is 0.288 e. The van der Waals surface area contributed by atoms with Gasteiger partial charge < -0.3 is 0 Å². The first-order valence-electron chi connectivity index (χ1n) is 11.8. The minimum atomic E-state index is -0.174. The lowest BCUT2D eigenvalue weighted by Gasteiger charge is -2.07. The molecule has 0 aliphatic carbocycles. The van der Waals surface area contributed by atoms with Crippen LogP contribution in [0.25, 0.3) is 26.6 Å². The van der Waals surface area contributed by atoms with Crippen molar-refractivity contribution in [1.29, 1.82) is 0 Å². The van der Waals surface area contributed by atoms with E-state index in [1.165, 1.54) is 16.0 Å². The Kier molecular flexibility index (Phi) is 6.30. The first kappa shape index (κ1) is 23.2. The van der Waals surface area contributed by atoms with E-state index in [0.717, 1.165) is 37.0 Å². The van der Waals surface area contributed by atoms with Crippen LogP contribution in [-0.2, 0) is 0 Å². The highest BCUT2D eigenvalue weighted by Crippen LogP contribution is 2.35. The number of para-hydroxylation sites is 2. The standard InChI is InChI=1S/C30H22N4OS2/c1-20(31-23-16-8-10-18-25(23)36-22-14-6-3-7-15-22)27-28(21-12-4-2-5-13-21)33-34(29(27)35)30-32-24-17-9-11-19-26(24)37-30/h2-19,33H,1H3. The van der Waals surface area contributed by atoms with Gasteiger partial charge in [-0.05, 0) is 43.3 Å². The zero-order valence-electron chi connectivity index (χ0n) is 20.0. The Bertz CT molecular complexity index is 1750. The molecular formula is C30H22N4OS2. The molecule has 1 N–H and O–H groups in total. The molecule has 0 aliphatic heterocycles. The minimum Gasteiger partial charge on any atom is -0.288 e. The molecule has 4 aromatic carbocycles. The average Bonchev–Trinajstić information content (AvgIpc) is 3.52. The normalized spacial score (nSPS) is 11.8. The van der Waals surface area contributed by atoms with E-state index in [1.54, 1.807) is 11.8 Å². The Labute approximate surface area is 222 Å². The molecule has 180 valence electrons. The molecule has 37 heavy (non-hydrogen) atoms. The molecule has 5 nitrogen and oxygen atoms in total. The van der Waals surface area contributed by atoms with E-state index in [2.05, 4.69) is 23.3 Å². The second kappa shape index (κ2) is 10.0. The maximum Gasteiger partial charge on any atom is 0.283 e. The molecular weight excluding hydrogens is 496 g/mol. The van der Waals surface area contributed by atoms with Crippen LogP contribution in [0.2, 0.25) is 0 Å². The lowest BCUT2D eigenvalue weighted by Crippen LogP contribution is -2.19. The third kappa shape index (κ3) is 4.67. The number of nitrogens with zero attached hydrogens (tertiary/aromatic N) is 3. The topological polar surface area (TPSA) is 63.0 Å². The Morgan fingerprint density at radius 1 is 0.865 bits per heavy atom. The van der Waals surface area contributed by atoms with Crippen LogP contribution in [0.4, 0.5) is 5.69 Å². The number of rotatable bonds is 6. The highest BCUT2D eigenvalue weighted by Gasteiger charge is 2.21. The molecule has 6 aromatic rings. The molecule has 7 heteroatoms. The fourth-order valence-electron chi connectivity index (χ4n) is 4.16. The van der Waals surface area contributed by atoms with Gasteiger partial charge in [0.15, 0.2) is 0 Å². The molecule has 0 amide bonds. The summed E-state index contributed by atoms with van der Waals surface area (Å²) in [6, 6.07) is 36.0. The molecule has 0 saturated carbocycles. The number of fused-ring (bicyclic) bond motifs is 1. The van der Waals surface area contributed by atoms with Crippen LogP contribution in [0.5, 0.6) is 0 Å². The fourth-order valence-corrected chi connectivity index (χ4v) is 6.00. The molecule has 2 heterocycles. The predicted molar refractivity (Wildman–Crippen MR) is 154 cm³/mol. The van der Waals surface area contributed by atoms with Crippen molar-refractivity contribution in [2.45, 2.75) is 16.7 Å². The number of thiazole rings is 1. The number of aliphatic imine (C=N–C) groups is 1. The van der Waals surface area contributed by atoms with Crippen molar-refractivity contribution < 1.29 is 0 Å². The molecule has 2 aromatic heterocycles. The molecule has 0 bridgehead atoms. The summed E-state index contributed by atoms with van der Waals surface area (Å²) in [4.78, 5) is 25.7. The van der Waals surface area contributed by atoms with Gasteiger partial charge in [-0.15, -0.1) is 0 Å². The lowest BCUT2D eigenvalue weighted by molar-refractivity contribution is 0.845. The summed E-state index contributed by atoms with van der Waals surface area (Å²) >= 11 is 3.13. The van der Waals surface area contributed by atoms with Gasteiger partial charge in [0.05, 0.1) is 32.9 Å². The van der Waals surface area contributed by atoms with E-state index >= 15 is 0 Å². The summed E-state index contributed by atoms with van der Waals surface area (Å²) in [7, 11) is 0. The molecule has 0 spiro atoms. The summed E-state index contributed by atoms with van der Waals surface area (Å²) in [5.41, 5.74) is 4.32. The quantitative estimate of drug-likeness (QED) is 0.229. The zero-order chi connectivity index (χ0) is 25.2. The highest BCUT2D eigenvalue weighted by atomic mass is 32.2. The predicted octanol–water partition coefficient (Wildman–Crippen LogP) is 7.73. The molecule has 0 unspecified atom stereocenters. The summed E-state index contributed by atoms with van der Waals surface area (Å²) in [5, 5.41) is 3.93. The molecule has 0 fully saturated rings. The maximum absolute atomic E-state index is 13.9. The second-order valence-electron chi connectivity index (χ2n) is 8.41. The number of aromatic amines is 1. The van der Waals surface area contributed by atoms with Gasteiger partial charge in [-0.25, -0.2) is 4.98 Å². The van der Waals surface area contributed by atoms with Gasteiger partial charge in [0.2, 0.25) is 5.13 Å². The van der Waals surface area contributed by atoms with Crippen molar-refractivity contribution in [1.82, 2.24) is 14.8 Å². The number of hydrogen-bond acceptors (Lipinski definition) is 5. The Balaban J connectivity index is 1.49. The number of nitrogens with one attached hydrogen (secondary N) is 1. The van der Waals surface area contributed by atoms with Crippen LogP contribution in [0.1, 0.15) is 12.5 Å². The fraction of sp³-hybridized carbons (Fsp3) is 0.0333. The van der Waals surface area contributed by atoms with E-state index in [4.69, 9.17) is 9.98 Å². The lowest BCUT2D eigenvalue weighted by atomic mass is 10.1. The van der Waals surface area contributed by atoms with Crippen molar-refractivity contribution in [3.8, 4) is 16.4 Å². The summed E-state index contributed by atoms with van der Waals surface area (Å²) in [6.07, 6.45) is 0. The van der Waals surface area contributed by atoms with Crippen molar-refractivity contribution in [2.24, 2.45) is 4.99 Å². The first-order chi connectivity index (χ1) is 18.2. The van der Waals surface area contributed by atoms with Crippen LogP contribution >= 0.6 is 23.1 Å². The van der Waals surface area contributed by atoms with Crippen molar-refractivity contribution in [3.63, 3.8) is 0 Å². The first-order valence-corrected chi connectivity index (χ1v) is 13.4.